The van der Waals surface area contributed by atoms with Gasteiger partial charge in [-0.05, 0) is 30.9 Å². The van der Waals surface area contributed by atoms with E-state index in [9.17, 15) is 9.59 Å². The first-order valence-electron chi connectivity index (χ1n) is 7.04. The maximum atomic E-state index is 11.7. The van der Waals surface area contributed by atoms with Crippen molar-refractivity contribution in [3.05, 3.63) is 29.8 Å². The number of carbonyl (C=O) groups excluding carboxylic acids is 2. The van der Waals surface area contributed by atoms with Gasteiger partial charge in [-0.15, -0.1) is 0 Å². The van der Waals surface area contributed by atoms with Crippen LogP contribution in [0.4, 0.5) is 5.69 Å². The van der Waals surface area contributed by atoms with Crippen LogP contribution < -0.4 is 16.4 Å². The summed E-state index contributed by atoms with van der Waals surface area (Å²) in [5.41, 5.74) is 7.51. The average Bonchev–Trinajstić information content (AvgIpc) is 3.21. The molecule has 20 heavy (non-hydrogen) atoms. The molecule has 0 bridgehead atoms. The van der Waals surface area contributed by atoms with Crippen molar-refractivity contribution in [3.63, 3.8) is 0 Å². The zero-order chi connectivity index (χ0) is 14.4. The lowest BCUT2D eigenvalue weighted by molar-refractivity contribution is -0.122. The molecule has 1 aliphatic carbocycles. The summed E-state index contributed by atoms with van der Waals surface area (Å²) in [6, 6.07) is 7.91. The number of carbonyl (C=O) groups is 2. The third kappa shape index (κ3) is 4.91. The summed E-state index contributed by atoms with van der Waals surface area (Å²) in [4.78, 5) is 23.1. The lowest BCUT2D eigenvalue weighted by atomic mass is 10.1. The Hall–Kier alpha value is -2.04. The number of hydrogen-bond donors (Lipinski definition) is 3. The van der Waals surface area contributed by atoms with Crippen molar-refractivity contribution in [2.45, 2.75) is 38.1 Å². The van der Waals surface area contributed by atoms with E-state index >= 15 is 0 Å². The largest absolute Gasteiger partial charge is 0.399 e. The van der Waals surface area contributed by atoms with Gasteiger partial charge in [-0.2, -0.15) is 0 Å². The Labute approximate surface area is 118 Å². The Kier molecular flexibility index (Phi) is 4.98. The van der Waals surface area contributed by atoms with Gasteiger partial charge >= 0.3 is 0 Å². The molecule has 1 saturated carbocycles. The fourth-order valence-corrected chi connectivity index (χ4v) is 1.94. The number of benzene rings is 1. The summed E-state index contributed by atoms with van der Waals surface area (Å²) in [6.07, 6.45) is 3.51. The molecule has 1 fully saturated rings. The van der Waals surface area contributed by atoms with Gasteiger partial charge in [0.1, 0.15) is 0 Å². The van der Waals surface area contributed by atoms with Crippen molar-refractivity contribution in [2.75, 3.05) is 12.3 Å². The Morgan fingerprint density at radius 2 is 1.90 bits per heavy atom. The molecule has 0 saturated heterocycles. The SMILES string of the molecule is Nc1ccccc1CCC(=O)NCCC(=O)NC1CC1. The van der Waals surface area contributed by atoms with E-state index in [1.807, 2.05) is 24.3 Å². The van der Waals surface area contributed by atoms with Crippen LogP contribution in [-0.4, -0.2) is 24.4 Å². The highest BCUT2D eigenvalue weighted by Crippen LogP contribution is 2.18. The van der Waals surface area contributed by atoms with Crippen molar-refractivity contribution in [1.29, 1.82) is 0 Å². The molecule has 4 N–H and O–H groups in total. The van der Waals surface area contributed by atoms with Crippen LogP contribution in [0.1, 0.15) is 31.2 Å². The van der Waals surface area contributed by atoms with Crippen molar-refractivity contribution in [2.24, 2.45) is 0 Å². The molecule has 0 spiro atoms. The fraction of sp³-hybridized carbons (Fsp3) is 0.467. The Morgan fingerprint density at radius 1 is 1.15 bits per heavy atom. The molecular weight excluding hydrogens is 254 g/mol. The van der Waals surface area contributed by atoms with Gasteiger partial charge in [0.15, 0.2) is 0 Å². The summed E-state index contributed by atoms with van der Waals surface area (Å²) < 4.78 is 0. The summed E-state index contributed by atoms with van der Waals surface area (Å²) in [7, 11) is 0. The van der Waals surface area contributed by atoms with E-state index < -0.39 is 0 Å². The smallest absolute Gasteiger partial charge is 0.221 e. The van der Waals surface area contributed by atoms with Crippen LogP contribution in [0.3, 0.4) is 0 Å². The molecule has 0 unspecified atom stereocenters. The number of hydrogen-bond acceptors (Lipinski definition) is 3. The van der Waals surface area contributed by atoms with Gasteiger partial charge in [-0.1, -0.05) is 18.2 Å². The van der Waals surface area contributed by atoms with Gasteiger partial charge in [-0.3, -0.25) is 9.59 Å². The highest BCUT2D eigenvalue weighted by Gasteiger charge is 2.22. The molecule has 0 radical (unpaired) electrons. The van der Waals surface area contributed by atoms with Gasteiger partial charge in [-0.25, -0.2) is 0 Å². The second-order valence-electron chi connectivity index (χ2n) is 5.14. The molecule has 0 aliphatic heterocycles. The summed E-state index contributed by atoms with van der Waals surface area (Å²) in [5.74, 6) is -0.0346. The molecular formula is C15H21N3O2. The van der Waals surface area contributed by atoms with E-state index in [2.05, 4.69) is 10.6 Å². The maximum Gasteiger partial charge on any atom is 0.221 e. The summed E-state index contributed by atoms with van der Waals surface area (Å²) in [5, 5.41) is 5.64. The fourth-order valence-electron chi connectivity index (χ4n) is 1.94. The molecule has 0 aromatic heterocycles. The highest BCUT2D eigenvalue weighted by atomic mass is 16.2. The first kappa shape index (κ1) is 14.4. The van der Waals surface area contributed by atoms with E-state index in [0.29, 0.717) is 37.5 Å². The number of nitrogens with one attached hydrogen (secondary N) is 2. The first-order valence-corrected chi connectivity index (χ1v) is 7.04. The van der Waals surface area contributed by atoms with Gasteiger partial charge in [0, 0.05) is 31.1 Å². The predicted octanol–water partition coefficient (Wildman–Crippen LogP) is 0.986. The lowest BCUT2D eigenvalue weighted by Crippen LogP contribution is -2.31. The van der Waals surface area contributed by atoms with Crippen molar-refractivity contribution < 1.29 is 9.59 Å². The number of para-hydroxylation sites is 1. The third-order valence-corrected chi connectivity index (χ3v) is 3.29. The van der Waals surface area contributed by atoms with Crippen LogP contribution >= 0.6 is 0 Å². The Balaban J connectivity index is 1.60. The van der Waals surface area contributed by atoms with Crippen molar-refractivity contribution in [1.82, 2.24) is 10.6 Å². The van der Waals surface area contributed by atoms with E-state index in [-0.39, 0.29) is 11.8 Å². The third-order valence-electron chi connectivity index (χ3n) is 3.29. The van der Waals surface area contributed by atoms with Gasteiger partial charge in [0.2, 0.25) is 11.8 Å². The summed E-state index contributed by atoms with van der Waals surface area (Å²) >= 11 is 0. The molecule has 2 amide bonds. The van der Waals surface area contributed by atoms with Crippen LogP contribution in [0.25, 0.3) is 0 Å². The Bertz CT molecular complexity index is 484. The van der Waals surface area contributed by atoms with Crippen LogP contribution in [0.5, 0.6) is 0 Å². The number of anilines is 1. The van der Waals surface area contributed by atoms with Crippen LogP contribution in [0.2, 0.25) is 0 Å². The molecule has 108 valence electrons. The van der Waals surface area contributed by atoms with Crippen molar-refractivity contribution >= 4 is 17.5 Å². The predicted molar refractivity (Wildman–Crippen MR) is 78.0 cm³/mol. The average molecular weight is 275 g/mol. The minimum absolute atomic E-state index is 0.0140. The second kappa shape index (κ2) is 6.93. The number of amides is 2. The highest BCUT2D eigenvalue weighted by molar-refractivity contribution is 5.79. The van der Waals surface area contributed by atoms with E-state index in [1.165, 1.54) is 0 Å². The molecule has 1 aliphatic rings. The molecule has 0 heterocycles. The number of nitrogen functional groups attached to an aromatic ring is 1. The normalized spacial score (nSPS) is 13.8. The van der Waals surface area contributed by atoms with E-state index in [0.717, 1.165) is 18.4 Å². The monoisotopic (exact) mass is 275 g/mol. The Morgan fingerprint density at radius 3 is 2.60 bits per heavy atom. The van der Waals surface area contributed by atoms with Gasteiger partial charge in [0.25, 0.3) is 0 Å². The number of nitrogens with two attached hydrogens (primary N) is 1. The first-order chi connectivity index (χ1) is 9.65. The quantitative estimate of drug-likeness (QED) is 0.649. The van der Waals surface area contributed by atoms with Crippen LogP contribution in [0, 0.1) is 0 Å². The minimum Gasteiger partial charge on any atom is -0.399 e. The van der Waals surface area contributed by atoms with Crippen LogP contribution in [-0.2, 0) is 16.0 Å². The molecule has 0 atom stereocenters. The van der Waals surface area contributed by atoms with Crippen molar-refractivity contribution in [3.8, 4) is 0 Å². The molecule has 1 aromatic carbocycles. The molecule has 2 rings (SSSR count). The standard InChI is InChI=1S/C15H21N3O2/c16-13-4-2-1-3-11(13)5-8-14(19)17-10-9-15(20)18-12-6-7-12/h1-4,12H,5-10,16H2,(H,17,19)(H,18,20). The van der Waals surface area contributed by atoms with E-state index in [4.69, 9.17) is 5.73 Å². The lowest BCUT2D eigenvalue weighted by Gasteiger charge is -2.07. The zero-order valence-corrected chi connectivity index (χ0v) is 11.5. The summed E-state index contributed by atoms with van der Waals surface area (Å²) in [6.45, 7) is 0.391. The number of rotatable bonds is 7. The van der Waals surface area contributed by atoms with Gasteiger partial charge < -0.3 is 16.4 Å². The number of aryl methyl sites for hydroxylation is 1. The molecule has 1 aromatic rings. The van der Waals surface area contributed by atoms with Crippen LogP contribution in [0.15, 0.2) is 24.3 Å². The van der Waals surface area contributed by atoms with Gasteiger partial charge in [0.05, 0.1) is 0 Å². The topological polar surface area (TPSA) is 84.2 Å². The van der Waals surface area contributed by atoms with E-state index in [1.54, 1.807) is 0 Å². The second-order valence-corrected chi connectivity index (χ2v) is 5.14. The maximum absolute atomic E-state index is 11.7. The molecule has 5 heteroatoms. The minimum atomic E-state index is -0.0486. The zero-order valence-electron chi connectivity index (χ0n) is 11.5. The molecule has 5 nitrogen and oxygen atoms in total.